The standard InChI is InChI=1S/C15H19NO5.C2H6/c1-9(2)10-3-5-11(6-4-10)14(19)16-12(15(20)21)7-8-13(17)18;1-2/h3-6,9,12H,7-8H2,1-2H3,(H,16,19)(H,17,18)(H,20,21);1-2H3. The number of nitrogens with one attached hydrogen (secondary N) is 1. The van der Waals surface area contributed by atoms with Gasteiger partial charge in [-0.2, -0.15) is 0 Å². The monoisotopic (exact) mass is 323 g/mol. The number of aliphatic carboxylic acids is 2. The maximum atomic E-state index is 12.0. The van der Waals surface area contributed by atoms with Gasteiger partial charge in [-0.25, -0.2) is 4.79 Å². The lowest BCUT2D eigenvalue weighted by Gasteiger charge is -2.14. The van der Waals surface area contributed by atoms with Crippen LogP contribution in [0.2, 0.25) is 0 Å². The molecule has 1 atom stereocenters. The van der Waals surface area contributed by atoms with Crippen LogP contribution in [0.5, 0.6) is 0 Å². The second kappa shape index (κ2) is 10.4. The van der Waals surface area contributed by atoms with E-state index in [2.05, 4.69) is 5.32 Å². The number of amides is 1. The molecule has 0 saturated carbocycles. The molecule has 0 aliphatic carbocycles. The molecule has 0 heterocycles. The van der Waals surface area contributed by atoms with E-state index in [9.17, 15) is 14.4 Å². The Morgan fingerprint density at radius 2 is 1.57 bits per heavy atom. The van der Waals surface area contributed by atoms with E-state index in [0.717, 1.165) is 5.56 Å². The van der Waals surface area contributed by atoms with Crippen molar-refractivity contribution in [1.29, 1.82) is 0 Å². The first-order chi connectivity index (χ1) is 10.8. The average Bonchev–Trinajstić information content (AvgIpc) is 2.52. The highest BCUT2D eigenvalue weighted by Gasteiger charge is 2.21. The fourth-order valence-corrected chi connectivity index (χ4v) is 1.79. The highest BCUT2D eigenvalue weighted by atomic mass is 16.4. The van der Waals surface area contributed by atoms with Crippen LogP contribution in [-0.4, -0.2) is 34.1 Å². The van der Waals surface area contributed by atoms with Crippen LogP contribution >= 0.6 is 0 Å². The molecule has 3 N–H and O–H groups in total. The molecule has 0 fully saturated rings. The molecular weight excluding hydrogens is 298 g/mol. The van der Waals surface area contributed by atoms with Gasteiger partial charge in [0.05, 0.1) is 0 Å². The van der Waals surface area contributed by atoms with Gasteiger partial charge in [0.25, 0.3) is 5.91 Å². The second-order valence-corrected chi connectivity index (χ2v) is 5.07. The molecule has 23 heavy (non-hydrogen) atoms. The highest BCUT2D eigenvalue weighted by Crippen LogP contribution is 2.14. The maximum Gasteiger partial charge on any atom is 0.326 e. The van der Waals surface area contributed by atoms with Gasteiger partial charge in [0.15, 0.2) is 0 Å². The summed E-state index contributed by atoms with van der Waals surface area (Å²) in [6.07, 6.45) is -0.468. The second-order valence-electron chi connectivity index (χ2n) is 5.07. The van der Waals surface area contributed by atoms with Crippen molar-refractivity contribution >= 4 is 17.8 Å². The Morgan fingerprint density at radius 1 is 1.04 bits per heavy atom. The average molecular weight is 323 g/mol. The third kappa shape index (κ3) is 7.44. The predicted octanol–water partition coefficient (Wildman–Crippen LogP) is 2.88. The van der Waals surface area contributed by atoms with Crippen molar-refractivity contribution in [2.75, 3.05) is 0 Å². The summed E-state index contributed by atoms with van der Waals surface area (Å²) < 4.78 is 0. The van der Waals surface area contributed by atoms with Crippen molar-refractivity contribution < 1.29 is 24.6 Å². The summed E-state index contributed by atoms with van der Waals surface area (Å²) >= 11 is 0. The van der Waals surface area contributed by atoms with Crippen molar-refractivity contribution in [3.05, 3.63) is 35.4 Å². The molecule has 1 amide bonds. The van der Waals surface area contributed by atoms with E-state index >= 15 is 0 Å². The Kier molecular flexibility index (Phi) is 9.30. The number of carboxylic acid groups (broad SMARTS) is 2. The normalized spacial score (nSPS) is 11.2. The van der Waals surface area contributed by atoms with Crippen LogP contribution in [0.15, 0.2) is 24.3 Å². The van der Waals surface area contributed by atoms with Crippen molar-refractivity contribution in [2.45, 2.75) is 52.5 Å². The van der Waals surface area contributed by atoms with E-state index in [1.165, 1.54) is 0 Å². The van der Waals surface area contributed by atoms with Crippen LogP contribution in [0.4, 0.5) is 0 Å². The lowest BCUT2D eigenvalue weighted by Crippen LogP contribution is -2.41. The molecule has 0 spiro atoms. The van der Waals surface area contributed by atoms with Gasteiger partial charge in [-0.1, -0.05) is 39.8 Å². The first-order valence-corrected chi connectivity index (χ1v) is 7.66. The first kappa shape index (κ1) is 20.6. The van der Waals surface area contributed by atoms with E-state index in [4.69, 9.17) is 10.2 Å². The van der Waals surface area contributed by atoms with Crippen molar-refractivity contribution in [2.24, 2.45) is 0 Å². The van der Waals surface area contributed by atoms with Crippen LogP contribution in [0.25, 0.3) is 0 Å². The summed E-state index contributed by atoms with van der Waals surface area (Å²) in [5, 5.41) is 19.9. The van der Waals surface area contributed by atoms with Crippen LogP contribution < -0.4 is 5.32 Å². The third-order valence-corrected chi connectivity index (χ3v) is 3.09. The largest absolute Gasteiger partial charge is 0.481 e. The predicted molar refractivity (Wildman–Crippen MR) is 87.6 cm³/mol. The molecule has 0 aliphatic rings. The molecule has 6 heteroatoms. The SMILES string of the molecule is CC.CC(C)c1ccc(C(=O)NC(CCC(=O)O)C(=O)O)cc1. The summed E-state index contributed by atoms with van der Waals surface area (Å²) in [7, 11) is 0. The molecule has 6 nitrogen and oxygen atoms in total. The molecule has 1 rings (SSSR count). The number of carbonyl (C=O) groups is 3. The zero-order valence-corrected chi connectivity index (χ0v) is 14.0. The van der Waals surface area contributed by atoms with Crippen molar-refractivity contribution in [1.82, 2.24) is 5.32 Å². The quantitative estimate of drug-likeness (QED) is 0.716. The van der Waals surface area contributed by atoms with Gasteiger partial charge in [0, 0.05) is 12.0 Å². The molecule has 0 bridgehead atoms. The van der Waals surface area contributed by atoms with Crippen molar-refractivity contribution in [3.63, 3.8) is 0 Å². The molecule has 0 aromatic heterocycles. The Hall–Kier alpha value is -2.37. The minimum absolute atomic E-state index is 0.152. The minimum Gasteiger partial charge on any atom is -0.481 e. The molecule has 0 aliphatic heterocycles. The van der Waals surface area contributed by atoms with E-state index < -0.39 is 23.9 Å². The summed E-state index contributed by atoms with van der Waals surface area (Å²) in [5.74, 6) is -2.53. The summed E-state index contributed by atoms with van der Waals surface area (Å²) in [5.41, 5.74) is 1.42. The number of carboxylic acids is 2. The highest BCUT2D eigenvalue weighted by molar-refractivity contribution is 5.96. The van der Waals surface area contributed by atoms with Crippen LogP contribution in [0.3, 0.4) is 0 Å². The number of hydrogen-bond acceptors (Lipinski definition) is 3. The summed E-state index contributed by atoms with van der Waals surface area (Å²) in [4.78, 5) is 33.5. The fraction of sp³-hybridized carbons (Fsp3) is 0.471. The van der Waals surface area contributed by atoms with E-state index in [0.29, 0.717) is 11.5 Å². The Labute approximate surface area is 136 Å². The lowest BCUT2D eigenvalue weighted by molar-refractivity contribution is -0.140. The van der Waals surface area contributed by atoms with Crippen LogP contribution in [0, 0.1) is 0 Å². The van der Waals surface area contributed by atoms with Gasteiger partial charge in [0.1, 0.15) is 6.04 Å². The van der Waals surface area contributed by atoms with Gasteiger partial charge in [0.2, 0.25) is 0 Å². The molecule has 1 aromatic carbocycles. The minimum atomic E-state index is -1.25. The topological polar surface area (TPSA) is 104 Å². The molecule has 1 aromatic rings. The van der Waals surface area contributed by atoms with Gasteiger partial charge in [-0.3, -0.25) is 9.59 Å². The Balaban J connectivity index is 0.00000232. The van der Waals surface area contributed by atoms with Gasteiger partial charge in [-0.15, -0.1) is 0 Å². The smallest absolute Gasteiger partial charge is 0.326 e. The zero-order valence-electron chi connectivity index (χ0n) is 14.0. The summed E-state index contributed by atoms with van der Waals surface area (Å²) in [6, 6.07) is 5.67. The molecule has 0 saturated heterocycles. The number of hydrogen-bond donors (Lipinski definition) is 3. The Bertz CT molecular complexity index is 522. The summed E-state index contributed by atoms with van der Waals surface area (Å²) in [6.45, 7) is 8.06. The molecular formula is C17H25NO5. The number of rotatable bonds is 7. The van der Waals surface area contributed by atoms with E-state index in [1.54, 1.807) is 12.1 Å². The van der Waals surface area contributed by atoms with Crippen molar-refractivity contribution in [3.8, 4) is 0 Å². The van der Waals surface area contributed by atoms with Gasteiger partial charge < -0.3 is 15.5 Å². The number of benzene rings is 1. The fourth-order valence-electron chi connectivity index (χ4n) is 1.79. The molecule has 0 radical (unpaired) electrons. The number of carbonyl (C=O) groups excluding carboxylic acids is 1. The maximum absolute atomic E-state index is 12.0. The molecule has 1 unspecified atom stereocenters. The zero-order chi connectivity index (χ0) is 18.0. The Morgan fingerprint density at radius 3 is 1.96 bits per heavy atom. The first-order valence-electron chi connectivity index (χ1n) is 7.66. The lowest BCUT2D eigenvalue weighted by atomic mass is 10.0. The van der Waals surface area contributed by atoms with Crippen LogP contribution in [0.1, 0.15) is 62.4 Å². The van der Waals surface area contributed by atoms with E-state index in [-0.39, 0.29) is 12.8 Å². The molecule has 128 valence electrons. The van der Waals surface area contributed by atoms with Gasteiger partial charge >= 0.3 is 11.9 Å². The van der Waals surface area contributed by atoms with E-state index in [1.807, 2.05) is 39.8 Å². The van der Waals surface area contributed by atoms with Gasteiger partial charge in [-0.05, 0) is 30.0 Å². The third-order valence-electron chi connectivity index (χ3n) is 3.09. The van der Waals surface area contributed by atoms with Crippen LogP contribution in [-0.2, 0) is 9.59 Å².